The smallest absolute Gasteiger partial charge is 0.282 e. The first-order chi connectivity index (χ1) is 14.4. The molecule has 1 atom stereocenters. The molecule has 158 valence electrons. The minimum Gasteiger partial charge on any atom is -0.330 e. The van der Waals surface area contributed by atoms with Gasteiger partial charge in [-0.25, -0.2) is 9.97 Å². The lowest BCUT2D eigenvalue weighted by Crippen LogP contribution is -3.16. The largest absolute Gasteiger partial charge is 0.330 e. The summed E-state index contributed by atoms with van der Waals surface area (Å²) in [5.74, 6) is 0.773. The molecule has 1 saturated heterocycles. The Hall–Kier alpha value is -3.00. The molecule has 2 aliphatic rings. The number of carbonyl (C=O) groups is 2. The van der Waals surface area contributed by atoms with Gasteiger partial charge in [0.25, 0.3) is 5.91 Å². The molecule has 0 aliphatic carbocycles. The lowest BCUT2D eigenvalue weighted by atomic mass is 10.1. The van der Waals surface area contributed by atoms with Crippen LogP contribution in [0, 0.1) is 13.8 Å². The van der Waals surface area contributed by atoms with Crippen LogP contribution in [-0.4, -0.2) is 60.5 Å². The van der Waals surface area contributed by atoms with Crippen LogP contribution < -0.4 is 20.0 Å². The number of fused-ring (bicyclic) bond motifs is 1. The summed E-state index contributed by atoms with van der Waals surface area (Å²) in [6.45, 7) is 9.65. The summed E-state index contributed by atoms with van der Waals surface area (Å²) in [5.41, 5.74) is 3.42. The number of aromatic nitrogens is 2. The number of para-hydroxylation sites is 2. The Morgan fingerprint density at radius 3 is 2.53 bits per heavy atom. The van der Waals surface area contributed by atoms with Crippen molar-refractivity contribution < 1.29 is 14.5 Å². The summed E-state index contributed by atoms with van der Waals surface area (Å²) < 4.78 is 0. The van der Waals surface area contributed by atoms with Gasteiger partial charge in [0, 0.05) is 23.9 Å². The van der Waals surface area contributed by atoms with Crippen molar-refractivity contribution >= 4 is 29.1 Å². The van der Waals surface area contributed by atoms with Crippen LogP contribution in [0.3, 0.4) is 0 Å². The highest BCUT2D eigenvalue weighted by Crippen LogP contribution is 2.31. The average Bonchev–Trinajstić information content (AvgIpc) is 2.82. The molecule has 0 unspecified atom stereocenters. The van der Waals surface area contributed by atoms with Gasteiger partial charge in [-0.05, 0) is 39.0 Å². The van der Waals surface area contributed by atoms with Gasteiger partial charge in [-0.15, -0.1) is 0 Å². The highest BCUT2D eigenvalue weighted by atomic mass is 16.2. The number of anilines is 3. The van der Waals surface area contributed by atoms with Crippen molar-refractivity contribution in [3.05, 3.63) is 41.7 Å². The second-order valence-electron chi connectivity index (χ2n) is 8.25. The number of carbonyl (C=O) groups excluding carboxylic acids is 2. The molecule has 1 aromatic heterocycles. The summed E-state index contributed by atoms with van der Waals surface area (Å²) in [7, 11) is 0. The highest BCUT2D eigenvalue weighted by molar-refractivity contribution is 6.04. The average molecular weight is 410 g/mol. The monoisotopic (exact) mass is 409 g/mol. The van der Waals surface area contributed by atoms with Gasteiger partial charge >= 0.3 is 0 Å². The number of quaternary nitrogens is 1. The highest BCUT2D eigenvalue weighted by Gasteiger charge is 2.32. The number of aryl methyl sites for hydroxylation is 2. The summed E-state index contributed by atoms with van der Waals surface area (Å²) >= 11 is 0. The molecule has 4 rings (SSSR count). The standard InChI is InChI=1S/C22H28N6O2/c1-15-12-16(2)24-22(23-15)27-10-8-26(9-11-27)14-21(30)28-17(3)13-20(29)25-18-6-4-5-7-19(18)28/h4-7,12,17H,8-11,13-14H2,1-3H3,(H,25,29)/p+1/t17-/m0/s1. The number of nitrogens with zero attached hydrogens (tertiary/aromatic N) is 4. The quantitative estimate of drug-likeness (QED) is 0.774. The SMILES string of the molecule is Cc1cc(C)nc(N2CC[NH+](CC(=O)N3c4ccccc4NC(=O)C[C@@H]3C)CC2)n1. The van der Waals surface area contributed by atoms with E-state index in [0.29, 0.717) is 18.7 Å². The summed E-state index contributed by atoms with van der Waals surface area (Å²) in [6.07, 6.45) is 0.299. The zero-order valence-electron chi connectivity index (χ0n) is 17.8. The second kappa shape index (κ2) is 8.39. The van der Waals surface area contributed by atoms with Crippen molar-refractivity contribution in [2.24, 2.45) is 0 Å². The molecule has 2 aromatic rings. The van der Waals surface area contributed by atoms with E-state index in [9.17, 15) is 9.59 Å². The van der Waals surface area contributed by atoms with E-state index >= 15 is 0 Å². The van der Waals surface area contributed by atoms with Gasteiger partial charge in [-0.2, -0.15) is 0 Å². The molecule has 0 radical (unpaired) electrons. The van der Waals surface area contributed by atoms with E-state index in [1.165, 1.54) is 4.90 Å². The van der Waals surface area contributed by atoms with Gasteiger partial charge in [0.1, 0.15) is 0 Å². The predicted molar refractivity (Wildman–Crippen MR) is 116 cm³/mol. The third-order valence-electron chi connectivity index (χ3n) is 5.75. The Balaban J connectivity index is 1.43. The van der Waals surface area contributed by atoms with E-state index in [4.69, 9.17) is 0 Å². The molecule has 0 saturated carbocycles. The number of hydrogen-bond donors (Lipinski definition) is 2. The number of benzene rings is 1. The Morgan fingerprint density at radius 1 is 1.17 bits per heavy atom. The Morgan fingerprint density at radius 2 is 1.83 bits per heavy atom. The van der Waals surface area contributed by atoms with Crippen molar-refractivity contribution in [1.29, 1.82) is 0 Å². The van der Waals surface area contributed by atoms with E-state index in [1.54, 1.807) is 4.90 Å². The maximum Gasteiger partial charge on any atom is 0.282 e. The molecule has 30 heavy (non-hydrogen) atoms. The van der Waals surface area contributed by atoms with Crippen LogP contribution in [0.4, 0.5) is 17.3 Å². The topological polar surface area (TPSA) is 82.9 Å². The second-order valence-corrected chi connectivity index (χ2v) is 8.25. The van der Waals surface area contributed by atoms with Gasteiger partial charge in [-0.3, -0.25) is 9.59 Å². The summed E-state index contributed by atoms with van der Waals surface area (Å²) in [6, 6.07) is 9.33. The number of rotatable bonds is 3. The Bertz CT molecular complexity index is 934. The van der Waals surface area contributed by atoms with Gasteiger partial charge in [-0.1, -0.05) is 12.1 Å². The number of amides is 2. The third kappa shape index (κ3) is 4.28. The zero-order valence-corrected chi connectivity index (χ0v) is 17.8. The molecule has 8 nitrogen and oxygen atoms in total. The van der Waals surface area contributed by atoms with E-state index < -0.39 is 0 Å². The van der Waals surface area contributed by atoms with E-state index in [-0.39, 0.29) is 17.9 Å². The number of hydrogen-bond acceptors (Lipinski definition) is 5. The number of nitrogens with one attached hydrogen (secondary N) is 2. The van der Waals surface area contributed by atoms with Crippen LogP contribution >= 0.6 is 0 Å². The normalized spacial score (nSPS) is 19.8. The fourth-order valence-electron chi connectivity index (χ4n) is 4.32. The molecular formula is C22H29N6O2+. The molecule has 8 heteroatoms. The maximum atomic E-state index is 13.3. The molecule has 0 bridgehead atoms. The minimum atomic E-state index is -0.175. The molecule has 2 amide bonds. The fraction of sp³-hybridized carbons (Fsp3) is 0.455. The van der Waals surface area contributed by atoms with Gasteiger partial charge < -0.3 is 20.0 Å². The van der Waals surface area contributed by atoms with E-state index in [2.05, 4.69) is 20.2 Å². The molecule has 1 fully saturated rings. The van der Waals surface area contributed by atoms with Crippen LogP contribution in [-0.2, 0) is 9.59 Å². The molecule has 2 aliphatic heterocycles. The third-order valence-corrected chi connectivity index (χ3v) is 5.75. The minimum absolute atomic E-state index is 0.0533. The van der Waals surface area contributed by atoms with Crippen LogP contribution in [0.25, 0.3) is 0 Å². The van der Waals surface area contributed by atoms with Gasteiger partial charge in [0.2, 0.25) is 11.9 Å². The molecular weight excluding hydrogens is 380 g/mol. The lowest BCUT2D eigenvalue weighted by Gasteiger charge is -2.34. The first-order valence-corrected chi connectivity index (χ1v) is 10.5. The first-order valence-electron chi connectivity index (χ1n) is 10.5. The van der Waals surface area contributed by atoms with E-state index in [0.717, 1.165) is 49.2 Å². The number of piperazine rings is 1. The summed E-state index contributed by atoms with van der Waals surface area (Å²) in [5, 5.41) is 2.91. The van der Waals surface area contributed by atoms with Crippen LogP contribution in [0.1, 0.15) is 24.7 Å². The van der Waals surface area contributed by atoms with Crippen molar-refractivity contribution in [1.82, 2.24) is 9.97 Å². The fourth-order valence-corrected chi connectivity index (χ4v) is 4.32. The van der Waals surface area contributed by atoms with Crippen LogP contribution in [0.5, 0.6) is 0 Å². The van der Waals surface area contributed by atoms with Crippen LogP contribution in [0.15, 0.2) is 30.3 Å². The van der Waals surface area contributed by atoms with Gasteiger partial charge in [0.05, 0.1) is 37.6 Å². The molecule has 3 heterocycles. The Kier molecular flexibility index (Phi) is 5.67. The van der Waals surface area contributed by atoms with Crippen molar-refractivity contribution in [3.8, 4) is 0 Å². The predicted octanol–water partition coefficient (Wildman–Crippen LogP) is 0.562. The summed E-state index contributed by atoms with van der Waals surface area (Å²) in [4.78, 5) is 39.8. The molecule has 1 aromatic carbocycles. The van der Waals surface area contributed by atoms with E-state index in [1.807, 2.05) is 51.1 Å². The first kappa shape index (κ1) is 20.3. The lowest BCUT2D eigenvalue weighted by molar-refractivity contribution is -0.892. The van der Waals surface area contributed by atoms with Crippen molar-refractivity contribution in [2.45, 2.75) is 33.2 Å². The Labute approximate surface area is 176 Å². The molecule has 2 N–H and O–H groups in total. The van der Waals surface area contributed by atoms with Gasteiger partial charge in [0.15, 0.2) is 6.54 Å². The zero-order chi connectivity index (χ0) is 21.3. The molecule has 0 spiro atoms. The van der Waals surface area contributed by atoms with Crippen LogP contribution in [0.2, 0.25) is 0 Å². The van der Waals surface area contributed by atoms with Crippen molar-refractivity contribution in [2.75, 3.05) is 47.8 Å². The van der Waals surface area contributed by atoms with Crippen molar-refractivity contribution in [3.63, 3.8) is 0 Å². The maximum absolute atomic E-state index is 13.3.